The zero-order valence-corrected chi connectivity index (χ0v) is 9.34. The SMILES string of the molecule is Cc1cc(C(=O)Nc2ncccn2)ccc1N. The van der Waals surface area contributed by atoms with Gasteiger partial charge in [0.25, 0.3) is 5.91 Å². The Morgan fingerprint density at radius 3 is 2.65 bits per heavy atom. The van der Waals surface area contributed by atoms with E-state index in [2.05, 4.69) is 15.3 Å². The standard InChI is InChI=1S/C12H12N4O/c1-8-7-9(3-4-10(8)13)11(17)16-12-14-5-2-6-15-12/h2-7H,13H2,1H3,(H,14,15,16,17). The first-order chi connectivity index (χ1) is 8.16. The first-order valence-electron chi connectivity index (χ1n) is 5.11. The maximum Gasteiger partial charge on any atom is 0.258 e. The summed E-state index contributed by atoms with van der Waals surface area (Å²) in [6.07, 6.45) is 3.13. The molecule has 86 valence electrons. The van der Waals surface area contributed by atoms with Crippen molar-refractivity contribution in [1.29, 1.82) is 0 Å². The highest BCUT2D eigenvalue weighted by Crippen LogP contribution is 2.13. The minimum atomic E-state index is -0.251. The van der Waals surface area contributed by atoms with Gasteiger partial charge in [-0.25, -0.2) is 9.97 Å². The summed E-state index contributed by atoms with van der Waals surface area (Å²) in [7, 11) is 0. The van der Waals surface area contributed by atoms with Crippen LogP contribution in [0, 0.1) is 6.92 Å². The van der Waals surface area contributed by atoms with Crippen LogP contribution in [0.3, 0.4) is 0 Å². The summed E-state index contributed by atoms with van der Waals surface area (Å²) in [4.78, 5) is 19.7. The van der Waals surface area contributed by atoms with E-state index in [1.807, 2.05) is 6.92 Å². The molecule has 0 radical (unpaired) electrons. The first kappa shape index (κ1) is 11.1. The second-order valence-corrected chi connectivity index (χ2v) is 3.60. The molecule has 1 heterocycles. The first-order valence-corrected chi connectivity index (χ1v) is 5.11. The van der Waals surface area contributed by atoms with E-state index in [9.17, 15) is 4.79 Å². The molecule has 1 amide bonds. The van der Waals surface area contributed by atoms with Gasteiger partial charge in [0, 0.05) is 23.6 Å². The van der Waals surface area contributed by atoms with E-state index in [0.717, 1.165) is 5.56 Å². The fourth-order valence-electron chi connectivity index (χ4n) is 1.35. The maximum absolute atomic E-state index is 11.8. The Labute approximate surface area is 98.7 Å². The second-order valence-electron chi connectivity index (χ2n) is 3.60. The zero-order chi connectivity index (χ0) is 12.3. The summed E-state index contributed by atoms with van der Waals surface area (Å²) in [5, 5.41) is 2.60. The number of benzene rings is 1. The summed E-state index contributed by atoms with van der Waals surface area (Å²) in [5.74, 6) is 0.0336. The number of carbonyl (C=O) groups is 1. The molecule has 0 bridgehead atoms. The second kappa shape index (κ2) is 4.61. The van der Waals surface area contributed by atoms with Crippen LogP contribution in [0.1, 0.15) is 15.9 Å². The van der Waals surface area contributed by atoms with Crippen LogP contribution >= 0.6 is 0 Å². The molecule has 17 heavy (non-hydrogen) atoms. The number of nitrogens with two attached hydrogens (primary N) is 1. The topological polar surface area (TPSA) is 80.9 Å². The lowest BCUT2D eigenvalue weighted by Gasteiger charge is -2.05. The molecule has 2 aromatic rings. The lowest BCUT2D eigenvalue weighted by molar-refractivity contribution is 0.102. The Hall–Kier alpha value is -2.43. The highest BCUT2D eigenvalue weighted by molar-refractivity contribution is 6.03. The molecule has 0 saturated carbocycles. The smallest absolute Gasteiger partial charge is 0.258 e. The van der Waals surface area contributed by atoms with Gasteiger partial charge in [-0.05, 0) is 36.8 Å². The number of amides is 1. The summed E-state index contributed by atoms with van der Waals surface area (Å²) in [6.45, 7) is 1.85. The molecule has 0 aliphatic heterocycles. The number of nitrogen functional groups attached to an aromatic ring is 1. The molecule has 0 saturated heterocycles. The van der Waals surface area contributed by atoms with Gasteiger partial charge in [0.05, 0.1) is 0 Å². The number of aromatic nitrogens is 2. The molecule has 1 aromatic heterocycles. The Morgan fingerprint density at radius 1 is 1.29 bits per heavy atom. The van der Waals surface area contributed by atoms with Gasteiger partial charge in [-0.3, -0.25) is 10.1 Å². The van der Waals surface area contributed by atoms with Gasteiger partial charge in [-0.1, -0.05) is 0 Å². The number of hydrogen-bond acceptors (Lipinski definition) is 4. The highest BCUT2D eigenvalue weighted by Gasteiger charge is 2.08. The van der Waals surface area contributed by atoms with Crippen molar-refractivity contribution < 1.29 is 4.79 Å². The van der Waals surface area contributed by atoms with Gasteiger partial charge in [0.2, 0.25) is 5.95 Å². The summed E-state index contributed by atoms with van der Waals surface area (Å²) >= 11 is 0. The minimum Gasteiger partial charge on any atom is -0.399 e. The molecule has 1 aromatic carbocycles. The van der Waals surface area contributed by atoms with Gasteiger partial charge >= 0.3 is 0 Å². The van der Waals surface area contributed by atoms with Crippen LogP contribution in [0.2, 0.25) is 0 Å². The summed E-state index contributed by atoms with van der Waals surface area (Å²) < 4.78 is 0. The van der Waals surface area contributed by atoms with E-state index < -0.39 is 0 Å². The molecule has 0 fully saturated rings. The lowest BCUT2D eigenvalue weighted by atomic mass is 10.1. The van der Waals surface area contributed by atoms with Crippen LogP contribution in [-0.4, -0.2) is 15.9 Å². The Morgan fingerprint density at radius 2 is 2.00 bits per heavy atom. The van der Waals surface area contributed by atoms with Crippen LogP contribution in [0.15, 0.2) is 36.7 Å². The molecule has 5 nitrogen and oxygen atoms in total. The third-order valence-electron chi connectivity index (χ3n) is 2.32. The van der Waals surface area contributed by atoms with Crippen LogP contribution in [0.5, 0.6) is 0 Å². The molecule has 0 aliphatic rings. The van der Waals surface area contributed by atoms with Gasteiger partial charge in [-0.2, -0.15) is 0 Å². The van der Waals surface area contributed by atoms with Crippen molar-refractivity contribution in [2.45, 2.75) is 6.92 Å². The van der Waals surface area contributed by atoms with E-state index in [4.69, 9.17) is 5.73 Å². The number of rotatable bonds is 2. The zero-order valence-electron chi connectivity index (χ0n) is 9.34. The monoisotopic (exact) mass is 228 g/mol. The molecular weight excluding hydrogens is 216 g/mol. The van der Waals surface area contributed by atoms with E-state index in [1.54, 1.807) is 36.7 Å². The average Bonchev–Trinajstić information content (AvgIpc) is 2.34. The largest absolute Gasteiger partial charge is 0.399 e. The van der Waals surface area contributed by atoms with Crippen LogP contribution in [0.25, 0.3) is 0 Å². The molecule has 0 spiro atoms. The van der Waals surface area contributed by atoms with Gasteiger partial charge in [-0.15, -0.1) is 0 Å². The Bertz CT molecular complexity index is 539. The Kier molecular flexibility index (Phi) is 3.00. The molecule has 0 unspecified atom stereocenters. The Balaban J connectivity index is 2.18. The predicted octanol–water partition coefficient (Wildman–Crippen LogP) is 1.62. The molecule has 0 aliphatic carbocycles. The number of aryl methyl sites for hydroxylation is 1. The van der Waals surface area contributed by atoms with E-state index in [0.29, 0.717) is 11.3 Å². The number of hydrogen-bond donors (Lipinski definition) is 2. The van der Waals surface area contributed by atoms with Crippen LogP contribution < -0.4 is 11.1 Å². The van der Waals surface area contributed by atoms with E-state index in [1.165, 1.54) is 0 Å². The number of anilines is 2. The van der Waals surface area contributed by atoms with Gasteiger partial charge in [0.1, 0.15) is 0 Å². The average molecular weight is 228 g/mol. The molecule has 5 heteroatoms. The van der Waals surface area contributed by atoms with Crippen molar-refractivity contribution in [3.63, 3.8) is 0 Å². The van der Waals surface area contributed by atoms with Gasteiger partial charge in [0.15, 0.2) is 0 Å². The lowest BCUT2D eigenvalue weighted by Crippen LogP contribution is -2.14. The van der Waals surface area contributed by atoms with Crippen molar-refractivity contribution >= 4 is 17.5 Å². The van der Waals surface area contributed by atoms with E-state index >= 15 is 0 Å². The van der Waals surface area contributed by atoms with Crippen molar-refractivity contribution in [1.82, 2.24) is 9.97 Å². The molecule has 0 atom stereocenters. The third kappa shape index (κ3) is 2.57. The summed E-state index contributed by atoms with van der Waals surface area (Å²) in [6, 6.07) is 6.79. The van der Waals surface area contributed by atoms with Crippen molar-refractivity contribution in [2.24, 2.45) is 0 Å². The predicted molar refractivity (Wildman–Crippen MR) is 65.6 cm³/mol. The fourth-order valence-corrected chi connectivity index (χ4v) is 1.35. The fraction of sp³-hybridized carbons (Fsp3) is 0.0833. The summed E-state index contributed by atoms with van der Waals surface area (Å²) in [5.41, 5.74) is 7.75. The van der Waals surface area contributed by atoms with Crippen molar-refractivity contribution in [3.05, 3.63) is 47.8 Å². The maximum atomic E-state index is 11.8. The van der Waals surface area contributed by atoms with E-state index in [-0.39, 0.29) is 11.9 Å². The van der Waals surface area contributed by atoms with Crippen molar-refractivity contribution in [2.75, 3.05) is 11.1 Å². The minimum absolute atomic E-state index is 0.251. The molecule has 2 rings (SSSR count). The van der Waals surface area contributed by atoms with Crippen LogP contribution in [0.4, 0.5) is 11.6 Å². The third-order valence-corrected chi connectivity index (χ3v) is 2.32. The van der Waals surface area contributed by atoms with Gasteiger partial charge < -0.3 is 5.73 Å². The molecule has 3 N–H and O–H groups in total. The van der Waals surface area contributed by atoms with Crippen molar-refractivity contribution in [3.8, 4) is 0 Å². The number of carbonyl (C=O) groups excluding carboxylic acids is 1. The quantitative estimate of drug-likeness (QED) is 0.765. The number of nitrogens with zero attached hydrogens (tertiary/aromatic N) is 2. The highest BCUT2D eigenvalue weighted by atomic mass is 16.1. The normalized spacial score (nSPS) is 9.94. The van der Waals surface area contributed by atoms with Crippen LogP contribution in [-0.2, 0) is 0 Å². The molecular formula is C12H12N4O. The number of nitrogens with one attached hydrogen (secondary N) is 1.